The van der Waals surface area contributed by atoms with Gasteiger partial charge in [0.05, 0.1) is 6.04 Å². The molecule has 1 amide bonds. The Balaban J connectivity index is 1.48. The zero-order chi connectivity index (χ0) is 18.5. The molecule has 4 heteroatoms. The molecule has 1 heterocycles. The fourth-order valence-corrected chi connectivity index (χ4v) is 4.48. The van der Waals surface area contributed by atoms with Crippen LogP contribution in [0.15, 0.2) is 24.3 Å². The molecule has 4 nitrogen and oxygen atoms in total. The van der Waals surface area contributed by atoms with Gasteiger partial charge in [-0.05, 0) is 32.3 Å². The average Bonchev–Trinajstić information content (AvgIpc) is 2.67. The third-order valence-corrected chi connectivity index (χ3v) is 6.27. The van der Waals surface area contributed by atoms with Crippen molar-refractivity contribution in [3.8, 4) is 0 Å². The fourth-order valence-electron chi connectivity index (χ4n) is 4.48. The maximum Gasteiger partial charge on any atom is 0.239 e. The van der Waals surface area contributed by atoms with Crippen molar-refractivity contribution >= 4 is 5.91 Å². The van der Waals surface area contributed by atoms with Gasteiger partial charge in [0.1, 0.15) is 0 Å². The predicted octanol–water partition coefficient (Wildman–Crippen LogP) is 3.29. The van der Waals surface area contributed by atoms with Gasteiger partial charge in [0.2, 0.25) is 5.91 Å². The molecule has 0 aromatic heterocycles. The summed E-state index contributed by atoms with van der Waals surface area (Å²) in [6.07, 6.45) is 6.23. The lowest BCUT2D eigenvalue weighted by Crippen LogP contribution is -2.55. The second-order valence-corrected chi connectivity index (χ2v) is 8.22. The Hall–Kier alpha value is -1.39. The van der Waals surface area contributed by atoms with Crippen molar-refractivity contribution in [3.05, 3.63) is 35.4 Å². The van der Waals surface area contributed by atoms with Crippen molar-refractivity contribution in [3.63, 3.8) is 0 Å². The topological polar surface area (TPSA) is 26.8 Å². The summed E-state index contributed by atoms with van der Waals surface area (Å²) in [7, 11) is 2.02. The van der Waals surface area contributed by atoms with E-state index in [1.807, 2.05) is 11.9 Å². The van der Waals surface area contributed by atoms with Crippen LogP contribution in [0.4, 0.5) is 0 Å². The summed E-state index contributed by atoms with van der Waals surface area (Å²) in [5.41, 5.74) is 2.71. The van der Waals surface area contributed by atoms with Crippen LogP contribution < -0.4 is 0 Å². The first-order valence-corrected chi connectivity index (χ1v) is 10.3. The predicted molar refractivity (Wildman–Crippen MR) is 107 cm³/mol. The highest BCUT2D eigenvalue weighted by Gasteiger charge is 2.30. The maximum absolute atomic E-state index is 12.9. The minimum atomic E-state index is 0.00282. The van der Waals surface area contributed by atoms with Crippen molar-refractivity contribution in [1.82, 2.24) is 14.7 Å². The SMILES string of the molecule is Cc1cccc(CN2CCN(C(C)C(=O)N(C)C3CCCCC3)CC2)c1. The van der Waals surface area contributed by atoms with Crippen LogP contribution in [-0.4, -0.2) is 65.9 Å². The third-order valence-electron chi connectivity index (χ3n) is 6.27. The Morgan fingerprint density at radius 3 is 2.50 bits per heavy atom. The molecule has 1 saturated heterocycles. The number of aryl methyl sites for hydroxylation is 1. The number of hydrogen-bond donors (Lipinski definition) is 0. The lowest BCUT2D eigenvalue weighted by molar-refractivity contribution is -0.138. The van der Waals surface area contributed by atoms with E-state index in [4.69, 9.17) is 0 Å². The number of carbonyl (C=O) groups is 1. The van der Waals surface area contributed by atoms with E-state index in [1.165, 1.54) is 43.2 Å². The van der Waals surface area contributed by atoms with Gasteiger partial charge in [0.25, 0.3) is 0 Å². The minimum absolute atomic E-state index is 0.00282. The first-order valence-electron chi connectivity index (χ1n) is 10.3. The lowest BCUT2D eigenvalue weighted by atomic mass is 9.94. The van der Waals surface area contributed by atoms with E-state index in [9.17, 15) is 4.79 Å². The van der Waals surface area contributed by atoms with Gasteiger partial charge in [0, 0.05) is 45.8 Å². The molecule has 0 bridgehead atoms. The molecule has 1 atom stereocenters. The van der Waals surface area contributed by atoms with Gasteiger partial charge in [-0.3, -0.25) is 14.6 Å². The molecule has 0 N–H and O–H groups in total. The maximum atomic E-state index is 12.9. The van der Waals surface area contributed by atoms with Crippen LogP contribution in [0.1, 0.15) is 50.2 Å². The lowest BCUT2D eigenvalue weighted by Gasteiger charge is -2.40. The molecule has 1 unspecified atom stereocenters. The van der Waals surface area contributed by atoms with Gasteiger partial charge >= 0.3 is 0 Å². The van der Waals surface area contributed by atoms with E-state index >= 15 is 0 Å². The highest BCUT2D eigenvalue weighted by atomic mass is 16.2. The van der Waals surface area contributed by atoms with E-state index in [0.29, 0.717) is 11.9 Å². The summed E-state index contributed by atoms with van der Waals surface area (Å²) in [5.74, 6) is 0.309. The average molecular weight is 358 g/mol. The van der Waals surface area contributed by atoms with Gasteiger partial charge in [-0.25, -0.2) is 0 Å². The van der Waals surface area contributed by atoms with Gasteiger partial charge in [0.15, 0.2) is 0 Å². The molecule has 0 spiro atoms. The molecule has 1 saturated carbocycles. The molecule has 2 fully saturated rings. The Morgan fingerprint density at radius 2 is 1.85 bits per heavy atom. The number of carbonyl (C=O) groups excluding carboxylic acids is 1. The van der Waals surface area contributed by atoms with Gasteiger partial charge < -0.3 is 4.90 Å². The zero-order valence-corrected chi connectivity index (χ0v) is 16.8. The van der Waals surface area contributed by atoms with Crippen molar-refractivity contribution in [2.45, 2.75) is 64.6 Å². The largest absolute Gasteiger partial charge is 0.341 e. The monoisotopic (exact) mass is 357 g/mol. The molecule has 144 valence electrons. The number of rotatable bonds is 5. The summed E-state index contributed by atoms with van der Waals surface area (Å²) in [6.45, 7) is 9.31. The summed E-state index contributed by atoms with van der Waals surface area (Å²) >= 11 is 0. The molecule has 1 aromatic rings. The molecule has 1 aromatic carbocycles. The first kappa shape index (κ1) is 19.4. The normalized spacial score (nSPS) is 21.5. The summed E-state index contributed by atoms with van der Waals surface area (Å²) in [5, 5.41) is 0. The van der Waals surface area contributed by atoms with E-state index in [1.54, 1.807) is 0 Å². The second kappa shape index (κ2) is 9.01. The zero-order valence-electron chi connectivity index (χ0n) is 16.8. The van der Waals surface area contributed by atoms with E-state index in [-0.39, 0.29) is 6.04 Å². The van der Waals surface area contributed by atoms with Gasteiger partial charge in [-0.15, -0.1) is 0 Å². The Bertz CT molecular complexity index is 589. The Labute approximate surface area is 159 Å². The summed E-state index contributed by atoms with van der Waals surface area (Å²) < 4.78 is 0. The van der Waals surface area contributed by atoms with Crippen molar-refractivity contribution in [2.75, 3.05) is 33.2 Å². The van der Waals surface area contributed by atoms with E-state index in [0.717, 1.165) is 32.7 Å². The first-order chi connectivity index (χ1) is 12.5. The molecule has 1 aliphatic carbocycles. The Morgan fingerprint density at radius 1 is 1.15 bits per heavy atom. The highest BCUT2D eigenvalue weighted by Crippen LogP contribution is 2.23. The van der Waals surface area contributed by atoms with Crippen molar-refractivity contribution in [2.24, 2.45) is 0 Å². The van der Waals surface area contributed by atoms with Gasteiger partial charge in [-0.1, -0.05) is 49.1 Å². The van der Waals surface area contributed by atoms with Crippen LogP contribution in [0.25, 0.3) is 0 Å². The van der Waals surface area contributed by atoms with E-state index < -0.39 is 0 Å². The van der Waals surface area contributed by atoms with Crippen LogP contribution in [0.5, 0.6) is 0 Å². The number of benzene rings is 1. The second-order valence-electron chi connectivity index (χ2n) is 8.22. The number of likely N-dealkylation sites (N-methyl/N-ethyl adjacent to an activating group) is 1. The van der Waals surface area contributed by atoms with Crippen LogP contribution in [0.3, 0.4) is 0 Å². The van der Waals surface area contributed by atoms with Crippen molar-refractivity contribution in [1.29, 1.82) is 0 Å². The standard InChI is InChI=1S/C22H35N3O/c1-18-8-7-9-20(16-18)17-24-12-14-25(15-13-24)19(2)22(26)23(3)21-10-5-4-6-11-21/h7-9,16,19,21H,4-6,10-15,17H2,1-3H3. The number of hydrogen-bond acceptors (Lipinski definition) is 3. The molecule has 3 rings (SSSR count). The van der Waals surface area contributed by atoms with Crippen molar-refractivity contribution < 1.29 is 4.79 Å². The van der Waals surface area contributed by atoms with Crippen LogP contribution in [-0.2, 0) is 11.3 Å². The van der Waals surface area contributed by atoms with Crippen LogP contribution in [0, 0.1) is 6.92 Å². The number of amides is 1. The van der Waals surface area contributed by atoms with E-state index in [2.05, 4.69) is 47.9 Å². The Kier molecular flexibility index (Phi) is 6.71. The van der Waals surface area contributed by atoms with Crippen LogP contribution >= 0.6 is 0 Å². The summed E-state index contributed by atoms with van der Waals surface area (Å²) in [6, 6.07) is 9.24. The minimum Gasteiger partial charge on any atom is -0.341 e. The highest BCUT2D eigenvalue weighted by molar-refractivity contribution is 5.81. The van der Waals surface area contributed by atoms with Crippen LogP contribution in [0.2, 0.25) is 0 Å². The third kappa shape index (κ3) is 4.86. The summed E-state index contributed by atoms with van der Waals surface area (Å²) in [4.78, 5) is 19.8. The molecule has 2 aliphatic rings. The number of nitrogens with zero attached hydrogens (tertiary/aromatic N) is 3. The number of piperazine rings is 1. The fraction of sp³-hybridized carbons (Fsp3) is 0.682. The molecular weight excluding hydrogens is 322 g/mol. The molecule has 0 radical (unpaired) electrons. The smallest absolute Gasteiger partial charge is 0.239 e. The van der Waals surface area contributed by atoms with Gasteiger partial charge in [-0.2, -0.15) is 0 Å². The molecular formula is C22H35N3O. The molecule has 26 heavy (non-hydrogen) atoms. The molecule has 1 aliphatic heterocycles. The quantitative estimate of drug-likeness (QED) is 0.809.